The molecule has 0 aliphatic rings. The summed E-state index contributed by atoms with van der Waals surface area (Å²) in [6.45, 7) is 0. The van der Waals surface area contributed by atoms with Crippen LogP contribution in [0.5, 0.6) is 23.0 Å². The minimum Gasteiger partial charge on any atom is -0.457 e. The van der Waals surface area contributed by atoms with Crippen molar-refractivity contribution in [3.05, 3.63) is 109 Å². The first-order valence-electron chi connectivity index (χ1n) is 10.4. The van der Waals surface area contributed by atoms with Crippen molar-refractivity contribution in [1.82, 2.24) is 0 Å². The Hall–Kier alpha value is -4.58. The van der Waals surface area contributed by atoms with E-state index in [-0.39, 0.29) is 6.42 Å². The van der Waals surface area contributed by atoms with Gasteiger partial charge in [0.1, 0.15) is 29.4 Å². The monoisotopic (exact) mass is 438 g/mol. The minimum absolute atomic E-state index is 0.301. The third-order valence-corrected chi connectivity index (χ3v) is 4.56. The quantitative estimate of drug-likeness (QED) is 0.319. The number of amides is 2. The van der Waals surface area contributed by atoms with E-state index in [0.717, 1.165) is 11.5 Å². The van der Waals surface area contributed by atoms with Gasteiger partial charge in [-0.15, -0.1) is 0 Å². The maximum absolute atomic E-state index is 12.2. The van der Waals surface area contributed by atoms with Crippen LogP contribution in [0.15, 0.2) is 109 Å². The van der Waals surface area contributed by atoms with Gasteiger partial charge in [-0.1, -0.05) is 36.4 Å². The van der Waals surface area contributed by atoms with E-state index < -0.39 is 11.8 Å². The Kier molecular flexibility index (Phi) is 6.98. The molecule has 0 heterocycles. The maximum Gasteiger partial charge on any atom is 0.233 e. The van der Waals surface area contributed by atoms with Crippen LogP contribution >= 0.6 is 0 Å². The van der Waals surface area contributed by atoms with Crippen molar-refractivity contribution in [2.24, 2.45) is 0 Å². The van der Waals surface area contributed by atoms with Crippen LogP contribution in [0.3, 0.4) is 0 Å². The number of nitrogens with one attached hydrogen (secondary N) is 2. The lowest BCUT2D eigenvalue weighted by molar-refractivity contribution is -0.123. The second kappa shape index (κ2) is 10.6. The summed E-state index contributed by atoms with van der Waals surface area (Å²) < 4.78 is 11.5. The molecule has 4 rings (SSSR count). The molecule has 164 valence electrons. The molecule has 0 radical (unpaired) electrons. The largest absolute Gasteiger partial charge is 0.457 e. The van der Waals surface area contributed by atoms with Crippen LogP contribution in [0.25, 0.3) is 0 Å². The van der Waals surface area contributed by atoms with Crippen LogP contribution in [0.4, 0.5) is 11.4 Å². The van der Waals surface area contributed by atoms with Crippen LogP contribution in [-0.4, -0.2) is 11.8 Å². The Morgan fingerprint density at radius 1 is 0.485 bits per heavy atom. The van der Waals surface area contributed by atoms with Gasteiger partial charge in [0.05, 0.1) is 0 Å². The Labute approximate surface area is 191 Å². The summed E-state index contributed by atoms with van der Waals surface area (Å²) in [5.41, 5.74) is 1.16. The number of hydrogen-bond donors (Lipinski definition) is 2. The van der Waals surface area contributed by atoms with E-state index in [9.17, 15) is 9.59 Å². The summed E-state index contributed by atoms with van der Waals surface area (Å²) in [5.74, 6) is 1.94. The molecular weight excluding hydrogens is 416 g/mol. The molecule has 2 amide bonds. The summed E-state index contributed by atoms with van der Waals surface area (Å²) >= 11 is 0. The molecule has 6 heteroatoms. The zero-order valence-electron chi connectivity index (χ0n) is 17.7. The second-order valence-electron chi connectivity index (χ2n) is 7.15. The molecule has 0 unspecified atom stereocenters. The molecule has 0 spiro atoms. The molecule has 0 aromatic heterocycles. The van der Waals surface area contributed by atoms with Gasteiger partial charge >= 0.3 is 0 Å². The van der Waals surface area contributed by atoms with E-state index in [0.29, 0.717) is 22.9 Å². The molecule has 0 saturated heterocycles. The summed E-state index contributed by atoms with van der Waals surface area (Å²) in [7, 11) is 0. The van der Waals surface area contributed by atoms with Gasteiger partial charge in [-0.3, -0.25) is 9.59 Å². The molecule has 0 fully saturated rings. The van der Waals surface area contributed by atoms with Gasteiger partial charge in [-0.2, -0.15) is 0 Å². The van der Waals surface area contributed by atoms with Gasteiger partial charge in [0.2, 0.25) is 11.8 Å². The number of carbonyl (C=O) groups excluding carboxylic acids is 2. The highest BCUT2D eigenvalue weighted by molar-refractivity contribution is 6.08. The fourth-order valence-electron chi connectivity index (χ4n) is 3.02. The van der Waals surface area contributed by atoms with Crippen LogP contribution < -0.4 is 20.1 Å². The average Bonchev–Trinajstić information content (AvgIpc) is 2.83. The molecule has 0 atom stereocenters. The number of carbonyl (C=O) groups is 2. The number of para-hydroxylation sites is 2. The molecule has 0 bridgehead atoms. The number of hydrogen-bond acceptors (Lipinski definition) is 4. The number of ether oxygens (including phenoxy) is 2. The van der Waals surface area contributed by atoms with Gasteiger partial charge in [0.15, 0.2) is 0 Å². The summed E-state index contributed by atoms with van der Waals surface area (Å²) in [4.78, 5) is 24.4. The molecular formula is C27H22N2O4. The molecule has 6 nitrogen and oxygen atoms in total. The van der Waals surface area contributed by atoms with E-state index in [4.69, 9.17) is 9.47 Å². The second-order valence-corrected chi connectivity index (χ2v) is 7.15. The van der Waals surface area contributed by atoms with E-state index in [2.05, 4.69) is 10.6 Å². The van der Waals surface area contributed by atoms with Gasteiger partial charge in [0.25, 0.3) is 0 Å². The molecule has 0 saturated carbocycles. The highest BCUT2D eigenvalue weighted by atomic mass is 16.5. The summed E-state index contributed by atoms with van der Waals surface area (Å²) in [6, 6.07) is 32.7. The van der Waals surface area contributed by atoms with Crippen molar-refractivity contribution in [3.63, 3.8) is 0 Å². The van der Waals surface area contributed by atoms with Crippen LogP contribution in [0, 0.1) is 0 Å². The Morgan fingerprint density at radius 3 is 1.18 bits per heavy atom. The van der Waals surface area contributed by atoms with Crippen LogP contribution in [-0.2, 0) is 9.59 Å². The Bertz CT molecular complexity index is 1100. The van der Waals surface area contributed by atoms with E-state index in [1.807, 2.05) is 60.7 Å². The fourth-order valence-corrected chi connectivity index (χ4v) is 3.02. The first-order chi connectivity index (χ1) is 16.1. The predicted molar refractivity (Wildman–Crippen MR) is 128 cm³/mol. The molecule has 2 N–H and O–H groups in total. The van der Waals surface area contributed by atoms with Crippen molar-refractivity contribution >= 4 is 23.2 Å². The smallest absolute Gasteiger partial charge is 0.233 e. The predicted octanol–water partition coefficient (Wildman–Crippen LogP) is 6.24. The van der Waals surface area contributed by atoms with Crippen molar-refractivity contribution in [1.29, 1.82) is 0 Å². The van der Waals surface area contributed by atoms with Crippen molar-refractivity contribution in [3.8, 4) is 23.0 Å². The molecule has 33 heavy (non-hydrogen) atoms. The number of anilines is 2. The SMILES string of the molecule is O=C(CC(=O)Nc1ccc(Oc2ccccc2)cc1)Nc1ccc(Oc2ccccc2)cc1. The normalized spacial score (nSPS) is 10.2. The highest BCUT2D eigenvalue weighted by Crippen LogP contribution is 2.24. The third kappa shape index (κ3) is 6.70. The number of rotatable bonds is 8. The first-order valence-corrected chi connectivity index (χ1v) is 10.4. The van der Waals surface area contributed by atoms with Crippen molar-refractivity contribution in [2.45, 2.75) is 6.42 Å². The van der Waals surface area contributed by atoms with Crippen LogP contribution in [0.2, 0.25) is 0 Å². The van der Waals surface area contributed by atoms with E-state index in [1.54, 1.807) is 48.5 Å². The summed E-state index contributed by atoms with van der Waals surface area (Å²) in [5, 5.41) is 5.42. The van der Waals surface area contributed by atoms with E-state index >= 15 is 0 Å². The Morgan fingerprint density at radius 2 is 0.818 bits per heavy atom. The first kappa shape index (κ1) is 21.6. The van der Waals surface area contributed by atoms with Gasteiger partial charge < -0.3 is 20.1 Å². The summed E-state index contributed by atoms with van der Waals surface area (Å²) in [6.07, 6.45) is -0.301. The Balaban J connectivity index is 1.24. The lowest BCUT2D eigenvalue weighted by Gasteiger charge is -2.09. The molecule has 4 aromatic carbocycles. The molecule has 0 aliphatic heterocycles. The fraction of sp³-hybridized carbons (Fsp3) is 0.0370. The highest BCUT2D eigenvalue weighted by Gasteiger charge is 2.10. The third-order valence-electron chi connectivity index (χ3n) is 4.56. The molecule has 4 aromatic rings. The van der Waals surface area contributed by atoms with E-state index in [1.165, 1.54) is 0 Å². The van der Waals surface area contributed by atoms with Gasteiger partial charge in [-0.05, 0) is 72.8 Å². The zero-order chi connectivity index (χ0) is 22.9. The maximum atomic E-state index is 12.2. The lowest BCUT2D eigenvalue weighted by Crippen LogP contribution is -2.21. The average molecular weight is 438 g/mol. The standard InChI is InChI=1S/C27H22N2O4/c30-26(28-20-11-15-24(16-12-20)32-22-7-3-1-4-8-22)19-27(31)29-21-13-17-25(18-14-21)33-23-9-5-2-6-10-23/h1-18H,19H2,(H,28,30)(H,29,31). The van der Waals surface area contributed by atoms with Crippen molar-refractivity contribution < 1.29 is 19.1 Å². The molecule has 0 aliphatic carbocycles. The topological polar surface area (TPSA) is 76.7 Å². The van der Waals surface area contributed by atoms with Gasteiger partial charge in [-0.25, -0.2) is 0 Å². The van der Waals surface area contributed by atoms with Crippen LogP contribution in [0.1, 0.15) is 6.42 Å². The number of benzene rings is 4. The van der Waals surface area contributed by atoms with Gasteiger partial charge in [0, 0.05) is 11.4 Å². The lowest BCUT2D eigenvalue weighted by atomic mass is 10.2. The minimum atomic E-state index is -0.409. The zero-order valence-corrected chi connectivity index (χ0v) is 17.7. The van der Waals surface area contributed by atoms with Crippen molar-refractivity contribution in [2.75, 3.05) is 10.6 Å².